The summed E-state index contributed by atoms with van der Waals surface area (Å²) in [4.78, 5) is 0. The van der Waals surface area contributed by atoms with E-state index in [1.54, 1.807) is 0 Å². The zero-order valence-corrected chi connectivity index (χ0v) is 13.1. The van der Waals surface area contributed by atoms with E-state index in [4.69, 9.17) is 5.73 Å². The standard InChI is InChI=1S/C10H13N.C8H12N2/c1-9(11)7-8-10-5-3-2-4-6-10;1-9-7-5-3-4-6-8(7)10-2/h2-5,7-8H,6,11H2,1H3;3-6,9-10H,1-2H3/b9-7-,10-8-;. The van der Waals surface area contributed by atoms with Crippen LogP contribution in [0.1, 0.15) is 13.3 Å². The fourth-order valence-corrected chi connectivity index (χ4v) is 1.81. The maximum atomic E-state index is 5.48. The van der Waals surface area contributed by atoms with Gasteiger partial charge in [-0.3, -0.25) is 0 Å². The number of allylic oxidation sites excluding steroid dienone is 8. The summed E-state index contributed by atoms with van der Waals surface area (Å²) in [7, 11) is 3.83. The average molecular weight is 283 g/mol. The summed E-state index contributed by atoms with van der Waals surface area (Å²) in [5, 5.41) is 6.17. The summed E-state index contributed by atoms with van der Waals surface area (Å²) in [6.07, 6.45) is 13.3. The van der Waals surface area contributed by atoms with Gasteiger partial charge in [-0.25, -0.2) is 0 Å². The van der Waals surface area contributed by atoms with Gasteiger partial charge in [-0.05, 0) is 37.1 Å². The molecule has 2 rings (SSSR count). The van der Waals surface area contributed by atoms with E-state index in [9.17, 15) is 0 Å². The van der Waals surface area contributed by atoms with Gasteiger partial charge in [0.2, 0.25) is 0 Å². The number of nitrogens with two attached hydrogens (primary N) is 1. The quantitative estimate of drug-likeness (QED) is 0.784. The van der Waals surface area contributed by atoms with Crippen molar-refractivity contribution >= 4 is 11.4 Å². The van der Waals surface area contributed by atoms with Crippen LogP contribution in [0.5, 0.6) is 0 Å². The minimum atomic E-state index is 0.848. The molecular weight excluding hydrogens is 258 g/mol. The van der Waals surface area contributed by atoms with Crippen molar-refractivity contribution in [3.8, 4) is 0 Å². The highest BCUT2D eigenvalue weighted by Gasteiger charge is 1.93. The molecule has 1 aromatic rings. The fraction of sp³-hybridized carbons (Fsp3) is 0.222. The van der Waals surface area contributed by atoms with Crippen LogP contribution < -0.4 is 16.4 Å². The van der Waals surface area contributed by atoms with Crippen LogP contribution >= 0.6 is 0 Å². The van der Waals surface area contributed by atoms with Crippen LogP contribution in [-0.2, 0) is 0 Å². The molecular formula is C18H25N3. The van der Waals surface area contributed by atoms with E-state index >= 15 is 0 Å². The Bertz CT molecular complexity index is 524. The highest BCUT2D eigenvalue weighted by molar-refractivity contribution is 5.67. The first kappa shape index (κ1) is 16.6. The lowest BCUT2D eigenvalue weighted by Gasteiger charge is -2.06. The number of para-hydroxylation sites is 2. The van der Waals surface area contributed by atoms with Crippen molar-refractivity contribution in [1.29, 1.82) is 0 Å². The summed E-state index contributed by atoms with van der Waals surface area (Å²) in [6, 6.07) is 8.08. The lowest BCUT2D eigenvalue weighted by atomic mass is 10.1. The molecule has 1 aliphatic carbocycles. The van der Waals surface area contributed by atoms with Gasteiger partial charge in [0.1, 0.15) is 0 Å². The second-order valence-corrected chi connectivity index (χ2v) is 4.69. The SMILES string of the molecule is C/C(N)=C/C=C1/C=CC=CC1.CNc1ccccc1NC. The van der Waals surface area contributed by atoms with Crippen LogP contribution in [0.25, 0.3) is 0 Å². The fourth-order valence-electron chi connectivity index (χ4n) is 1.81. The second-order valence-electron chi connectivity index (χ2n) is 4.69. The molecule has 0 spiro atoms. The minimum Gasteiger partial charge on any atom is -0.402 e. The number of rotatable bonds is 3. The maximum absolute atomic E-state index is 5.48. The summed E-state index contributed by atoms with van der Waals surface area (Å²) in [5.41, 5.74) is 9.89. The summed E-state index contributed by atoms with van der Waals surface area (Å²) in [5.74, 6) is 0. The normalized spacial score (nSPS) is 15.4. The predicted octanol–water partition coefficient (Wildman–Crippen LogP) is 4.06. The average Bonchev–Trinajstić information content (AvgIpc) is 2.54. The first-order chi connectivity index (χ1) is 10.2. The third-order valence-electron chi connectivity index (χ3n) is 2.94. The van der Waals surface area contributed by atoms with Gasteiger partial charge in [0.25, 0.3) is 0 Å². The summed E-state index contributed by atoms with van der Waals surface area (Å²) >= 11 is 0. The van der Waals surface area contributed by atoms with Crippen molar-refractivity contribution in [2.24, 2.45) is 5.73 Å². The highest BCUT2D eigenvalue weighted by Crippen LogP contribution is 2.18. The molecule has 0 amide bonds. The van der Waals surface area contributed by atoms with Crippen molar-refractivity contribution in [2.45, 2.75) is 13.3 Å². The number of benzene rings is 1. The van der Waals surface area contributed by atoms with Gasteiger partial charge in [-0.2, -0.15) is 0 Å². The van der Waals surface area contributed by atoms with E-state index in [-0.39, 0.29) is 0 Å². The van der Waals surface area contributed by atoms with Crippen LogP contribution in [-0.4, -0.2) is 14.1 Å². The van der Waals surface area contributed by atoms with E-state index in [2.05, 4.69) is 34.9 Å². The number of anilines is 2. The molecule has 0 aromatic heterocycles. The van der Waals surface area contributed by atoms with Gasteiger partial charge in [0, 0.05) is 19.8 Å². The van der Waals surface area contributed by atoms with E-state index in [0.717, 1.165) is 23.5 Å². The maximum Gasteiger partial charge on any atom is 0.0573 e. The van der Waals surface area contributed by atoms with Gasteiger partial charge in [-0.15, -0.1) is 0 Å². The minimum absolute atomic E-state index is 0.848. The lowest BCUT2D eigenvalue weighted by molar-refractivity contribution is 1.25. The molecule has 4 N–H and O–H groups in total. The van der Waals surface area contributed by atoms with Crippen LogP contribution in [0, 0.1) is 0 Å². The van der Waals surface area contributed by atoms with E-state index in [1.807, 2.05) is 57.4 Å². The molecule has 0 aliphatic heterocycles. The van der Waals surface area contributed by atoms with Crippen molar-refractivity contribution in [3.63, 3.8) is 0 Å². The lowest BCUT2D eigenvalue weighted by Crippen LogP contribution is -1.95. The monoisotopic (exact) mass is 283 g/mol. The Balaban J connectivity index is 0.000000211. The van der Waals surface area contributed by atoms with E-state index < -0.39 is 0 Å². The third-order valence-corrected chi connectivity index (χ3v) is 2.94. The highest BCUT2D eigenvalue weighted by atomic mass is 14.9. The summed E-state index contributed by atoms with van der Waals surface area (Å²) < 4.78 is 0. The molecule has 0 atom stereocenters. The number of nitrogens with one attached hydrogen (secondary N) is 2. The van der Waals surface area contributed by atoms with E-state index in [1.165, 1.54) is 5.57 Å². The predicted molar refractivity (Wildman–Crippen MR) is 94.5 cm³/mol. The molecule has 1 aliphatic rings. The molecule has 0 saturated carbocycles. The first-order valence-electron chi connectivity index (χ1n) is 7.08. The smallest absolute Gasteiger partial charge is 0.0573 e. The van der Waals surface area contributed by atoms with Gasteiger partial charge < -0.3 is 16.4 Å². The molecule has 112 valence electrons. The number of hydrogen-bond acceptors (Lipinski definition) is 3. The van der Waals surface area contributed by atoms with Gasteiger partial charge in [-0.1, -0.05) is 42.5 Å². The molecule has 0 fully saturated rings. The first-order valence-corrected chi connectivity index (χ1v) is 7.08. The Hall–Kier alpha value is -2.42. The van der Waals surface area contributed by atoms with Crippen LogP contribution in [0.4, 0.5) is 11.4 Å². The van der Waals surface area contributed by atoms with Crippen LogP contribution in [0.3, 0.4) is 0 Å². The number of hydrogen-bond donors (Lipinski definition) is 3. The molecule has 0 saturated heterocycles. The third kappa shape index (κ3) is 6.52. The Morgan fingerprint density at radius 1 is 1.10 bits per heavy atom. The van der Waals surface area contributed by atoms with Crippen LogP contribution in [0.15, 0.2) is 72.0 Å². The van der Waals surface area contributed by atoms with E-state index in [0.29, 0.717) is 0 Å². The van der Waals surface area contributed by atoms with Crippen molar-refractivity contribution < 1.29 is 0 Å². The van der Waals surface area contributed by atoms with Crippen molar-refractivity contribution in [1.82, 2.24) is 0 Å². The van der Waals surface area contributed by atoms with Crippen LogP contribution in [0.2, 0.25) is 0 Å². The van der Waals surface area contributed by atoms with Gasteiger partial charge in [0.15, 0.2) is 0 Å². The van der Waals surface area contributed by atoms with Crippen molar-refractivity contribution in [3.05, 3.63) is 72.0 Å². The Kier molecular flexibility index (Phi) is 7.51. The Morgan fingerprint density at radius 3 is 2.14 bits per heavy atom. The molecule has 1 aromatic carbocycles. The largest absolute Gasteiger partial charge is 0.402 e. The second kappa shape index (κ2) is 9.48. The van der Waals surface area contributed by atoms with Crippen molar-refractivity contribution in [2.75, 3.05) is 24.7 Å². The molecule has 21 heavy (non-hydrogen) atoms. The Labute approximate surface area is 127 Å². The molecule has 3 heteroatoms. The zero-order valence-electron chi connectivity index (χ0n) is 13.1. The molecule has 0 unspecified atom stereocenters. The molecule has 3 nitrogen and oxygen atoms in total. The molecule has 0 radical (unpaired) electrons. The zero-order chi connectivity index (χ0) is 15.5. The Morgan fingerprint density at radius 2 is 1.71 bits per heavy atom. The topological polar surface area (TPSA) is 50.1 Å². The molecule has 0 heterocycles. The van der Waals surface area contributed by atoms with Gasteiger partial charge >= 0.3 is 0 Å². The summed E-state index contributed by atoms with van der Waals surface area (Å²) in [6.45, 7) is 1.89. The van der Waals surface area contributed by atoms with Gasteiger partial charge in [0.05, 0.1) is 11.4 Å². The molecule has 0 bridgehead atoms.